The van der Waals surface area contributed by atoms with Gasteiger partial charge in [-0.2, -0.15) is 0 Å². The van der Waals surface area contributed by atoms with Crippen LogP contribution in [0.15, 0.2) is 36.7 Å². The molecule has 0 aliphatic rings. The van der Waals surface area contributed by atoms with E-state index in [9.17, 15) is 0 Å². The second kappa shape index (κ2) is 6.48. The number of aromatic nitrogens is 2. The minimum Gasteiger partial charge on any atom is -0.525 e. The lowest BCUT2D eigenvalue weighted by molar-refractivity contribution is 0.457. The third-order valence-corrected chi connectivity index (χ3v) is 2.35. The third kappa shape index (κ3) is 3.77. The Morgan fingerprint density at radius 2 is 1.32 bits per heavy atom. The van der Waals surface area contributed by atoms with Crippen LogP contribution < -0.4 is 19.9 Å². The van der Waals surface area contributed by atoms with Gasteiger partial charge in [0.15, 0.2) is 0 Å². The van der Waals surface area contributed by atoms with E-state index in [0.29, 0.717) is 11.5 Å². The third-order valence-electron chi connectivity index (χ3n) is 2.35. The minimum absolute atomic E-state index is 0.596. The van der Waals surface area contributed by atoms with Crippen molar-refractivity contribution in [3.63, 3.8) is 0 Å². The second-order valence-corrected chi connectivity index (χ2v) is 3.59. The number of hydrogen-bond donors (Lipinski definition) is 2. The smallest absolute Gasteiger partial charge is 0.525 e. The lowest BCUT2D eigenvalue weighted by Crippen LogP contribution is -2.11. The molecule has 2 rings (SSSR count). The van der Waals surface area contributed by atoms with Gasteiger partial charge in [0.25, 0.3) is 0 Å². The fourth-order valence-corrected chi connectivity index (χ4v) is 1.33. The molecular formula is C12H14BN4O2. The molecule has 6 nitrogen and oxygen atoms in total. The summed E-state index contributed by atoms with van der Waals surface area (Å²) in [6.45, 7) is 0. The Morgan fingerprint density at radius 3 is 1.63 bits per heavy atom. The van der Waals surface area contributed by atoms with Gasteiger partial charge in [0.05, 0.1) is 12.4 Å². The van der Waals surface area contributed by atoms with E-state index in [4.69, 9.17) is 9.31 Å². The van der Waals surface area contributed by atoms with Crippen LogP contribution in [0.2, 0.25) is 0 Å². The van der Waals surface area contributed by atoms with Crippen molar-refractivity contribution < 1.29 is 9.31 Å². The predicted molar refractivity (Wildman–Crippen MR) is 74.6 cm³/mol. The first kappa shape index (κ1) is 13.0. The Morgan fingerprint density at radius 1 is 0.842 bits per heavy atom. The summed E-state index contributed by atoms with van der Waals surface area (Å²) in [6, 6.07) is 7.21. The van der Waals surface area contributed by atoms with E-state index in [0.717, 1.165) is 11.6 Å². The number of hydrogen-bond acceptors (Lipinski definition) is 6. The Labute approximate surface area is 112 Å². The van der Waals surface area contributed by atoms with Gasteiger partial charge in [-0.25, -0.2) is 9.97 Å². The van der Waals surface area contributed by atoms with Crippen LogP contribution in [0.4, 0.5) is 11.6 Å². The van der Waals surface area contributed by atoms with E-state index in [1.165, 1.54) is 7.69 Å². The maximum Gasteiger partial charge on any atom is 0.658 e. The van der Waals surface area contributed by atoms with Crippen LogP contribution in [-0.2, 0) is 0 Å². The van der Waals surface area contributed by atoms with Gasteiger partial charge in [0.1, 0.15) is 23.1 Å². The van der Waals surface area contributed by atoms with E-state index >= 15 is 0 Å². The minimum atomic E-state index is 0.596. The molecule has 0 aliphatic carbocycles. The lowest BCUT2D eigenvalue weighted by atomic mass is 10.3. The highest BCUT2D eigenvalue weighted by Crippen LogP contribution is 2.13. The van der Waals surface area contributed by atoms with E-state index in [2.05, 4.69) is 20.6 Å². The van der Waals surface area contributed by atoms with E-state index in [1.54, 1.807) is 38.6 Å². The predicted octanol–water partition coefficient (Wildman–Crippen LogP) is 1.55. The van der Waals surface area contributed by atoms with Gasteiger partial charge in [-0.1, -0.05) is 0 Å². The molecule has 97 valence electrons. The Kier molecular flexibility index (Phi) is 4.44. The molecule has 0 unspecified atom stereocenters. The van der Waals surface area contributed by atoms with Gasteiger partial charge in [-0.15, -0.1) is 0 Å². The summed E-state index contributed by atoms with van der Waals surface area (Å²) in [6.07, 6.45) is 3.21. The lowest BCUT2D eigenvalue weighted by Gasteiger charge is -2.07. The molecule has 0 saturated heterocycles. The van der Waals surface area contributed by atoms with Crippen LogP contribution in [0.5, 0.6) is 11.5 Å². The molecule has 2 heterocycles. The van der Waals surface area contributed by atoms with Gasteiger partial charge in [-0.05, 0) is 24.3 Å². The molecule has 0 amide bonds. The average Bonchev–Trinajstić information content (AvgIpc) is 2.49. The molecular weight excluding hydrogens is 243 g/mol. The molecule has 7 heteroatoms. The van der Waals surface area contributed by atoms with Crippen LogP contribution in [0.3, 0.4) is 0 Å². The highest BCUT2D eigenvalue weighted by atomic mass is 16.6. The Bertz CT molecular complexity index is 457. The first-order valence-corrected chi connectivity index (χ1v) is 5.74. The largest absolute Gasteiger partial charge is 0.658 e. The fourth-order valence-electron chi connectivity index (χ4n) is 1.33. The molecule has 0 aromatic carbocycles. The van der Waals surface area contributed by atoms with E-state index in [1.807, 2.05) is 12.1 Å². The Hall–Kier alpha value is -2.44. The number of nitrogens with zero attached hydrogens (tertiary/aromatic N) is 2. The quantitative estimate of drug-likeness (QED) is 0.765. The van der Waals surface area contributed by atoms with Gasteiger partial charge in [0, 0.05) is 14.1 Å². The van der Waals surface area contributed by atoms with Crippen LogP contribution in [-0.4, -0.2) is 31.7 Å². The number of nitrogens with one attached hydrogen (secondary N) is 2. The fraction of sp³-hybridized carbons (Fsp3) is 0.167. The average molecular weight is 257 g/mol. The first-order valence-electron chi connectivity index (χ1n) is 5.74. The number of rotatable bonds is 6. The SMILES string of the molecule is CNc1ccc(O[B]Oc2ccc(NC)nc2)cn1. The van der Waals surface area contributed by atoms with Crippen molar-refractivity contribution in [3.05, 3.63) is 36.7 Å². The van der Waals surface area contributed by atoms with Crippen molar-refractivity contribution in [1.82, 2.24) is 9.97 Å². The van der Waals surface area contributed by atoms with E-state index < -0.39 is 0 Å². The second-order valence-electron chi connectivity index (χ2n) is 3.59. The number of anilines is 2. The maximum atomic E-state index is 5.29. The van der Waals surface area contributed by atoms with Crippen molar-refractivity contribution in [2.75, 3.05) is 24.7 Å². The summed E-state index contributed by atoms with van der Waals surface area (Å²) >= 11 is 0. The van der Waals surface area contributed by atoms with Gasteiger partial charge < -0.3 is 19.9 Å². The monoisotopic (exact) mass is 257 g/mol. The zero-order valence-electron chi connectivity index (χ0n) is 10.8. The van der Waals surface area contributed by atoms with Crippen molar-refractivity contribution in [3.8, 4) is 11.5 Å². The van der Waals surface area contributed by atoms with Crippen LogP contribution in [0.25, 0.3) is 0 Å². The molecule has 0 saturated carbocycles. The first-order chi connectivity index (χ1) is 9.31. The summed E-state index contributed by atoms with van der Waals surface area (Å²) in [4.78, 5) is 8.23. The van der Waals surface area contributed by atoms with Crippen molar-refractivity contribution in [1.29, 1.82) is 0 Å². The molecule has 1 radical (unpaired) electrons. The van der Waals surface area contributed by atoms with Crippen LogP contribution >= 0.6 is 0 Å². The number of pyridine rings is 2. The molecule has 2 aromatic heterocycles. The zero-order chi connectivity index (χ0) is 13.5. The van der Waals surface area contributed by atoms with Crippen LogP contribution in [0, 0.1) is 0 Å². The van der Waals surface area contributed by atoms with E-state index in [-0.39, 0.29) is 0 Å². The molecule has 0 aliphatic heterocycles. The van der Waals surface area contributed by atoms with Gasteiger partial charge in [-0.3, -0.25) is 0 Å². The highest BCUT2D eigenvalue weighted by molar-refractivity contribution is 6.20. The summed E-state index contributed by atoms with van der Waals surface area (Å²) in [5.74, 6) is 2.75. The normalized spacial score (nSPS) is 9.58. The molecule has 0 atom stereocenters. The standard InChI is InChI=1S/C12H14BN4O2/c1-14-11-5-3-9(7-16-11)18-13-19-10-4-6-12(15-2)17-8-10/h3-8H,1-2H3,(H,14,16)(H,15,17). The molecule has 19 heavy (non-hydrogen) atoms. The highest BCUT2D eigenvalue weighted by Gasteiger charge is 2.02. The summed E-state index contributed by atoms with van der Waals surface area (Å²) in [5.41, 5.74) is 0. The van der Waals surface area contributed by atoms with Gasteiger partial charge >= 0.3 is 7.69 Å². The summed E-state index contributed by atoms with van der Waals surface area (Å²) in [7, 11) is 4.85. The molecule has 2 aromatic rings. The zero-order valence-corrected chi connectivity index (χ0v) is 10.8. The molecule has 0 fully saturated rings. The molecule has 2 N–H and O–H groups in total. The van der Waals surface area contributed by atoms with Crippen LogP contribution in [0.1, 0.15) is 0 Å². The van der Waals surface area contributed by atoms with Crippen molar-refractivity contribution in [2.45, 2.75) is 0 Å². The summed E-state index contributed by atoms with van der Waals surface area (Å²) in [5, 5.41) is 5.85. The topological polar surface area (TPSA) is 68.3 Å². The molecule has 0 spiro atoms. The summed E-state index contributed by atoms with van der Waals surface area (Å²) < 4.78 is 10.6. The Balaban J connectivity index is 1.81. The van der Waals surface area contributed by atoms with Crippen molar-refractivity contribution >= 4 is 19.3 Å². The van der Waals surface area contributed by atoms with Gasteiger partial charge in [0.2, 0.25) is 0 Å². The maximum absolute atomic E-state index is 5.29. The molecule has 0 bridgehead atoms. The van der Waals surface area contributed by atoms with Crippen molar-refractivity contribution in [2.24, 2.45) is 0 Å².